The molecule has 0 bridgehead atoms. The quantitative estimate of drug-likeness (QED) is 0.152. The molecule has 4 rings (SSSR count). The molecule has 0 saturated carbocycles. The summed E-state index contributed by atoms with van der Waals surface area (Å²) in [6, 6.07) is 11.5. The number of fused-ring (bicyclic) bond motifs is 2. The first-order valence-electron chi connectivity index (χ1n) is 13.2. The van der Waals surface area contributed by atoms with Gasteiger partial charge in [0, 0.05) is 29.3 Å². The highest BCUT2D eigenvalue weighted by molar-refractivity contribution is 6.53. The number of nitrogens with zero attached hydrogens (tertiary/aromatic N) is 1. The molecule has 1 N–H and O–H groups in total. The molecule has 1 aliphatic rings. The van der Waals surface area contributed by atoms with E-state index in [4.69, 9.17) is 14.6 Å². The van der Waals surface area contributed by atoms with Gasteiger partial charge in [-0.25, -0.2) is 0 Å². The van der Waals surface area contributed by atoms with Crippen molar-refractivity contribution in [2.24, 2.45) is 0 Å². The molecule has 0 radical (unpaired) electrons. The third kappa shape index (κ3) is 5.55. The van der Waals surface area contributed by atoms with Crippen molar-refractivity contribution in [3.05, 3.63) is 42.0 Å². The van der Waals surface area contributed by atoms with Gasteiger partial charge in [-0.15, -0.1) is 0 Å². The van der Waals surface area contributed by atoms with E-state index < -0.39 is 17.7 Å². The molecule has 0 fully saturated rings. The van der Waals surface area contributed by atoms with E-state index in [0.717, 1.165) is 85.0 Å². The van der Waals surface area contributed by atoms with Crippen LogP contribution in [0.25, 0.3) is 21.5 Å². The Bertz CT molecular complexity index is 1310. The van der Waals surface area contributed by atoms with Crippen LogP contribution in [0.4, 0.5) is 5.69 Å². The van der Waals surface area contributed by atoms with Crippen LogP contribution in [0.1, 0.15) is 74.6 Å². The number of Topliss-reactive ketones (excluding diaryl/α,β-unsaturated/α-hetero) is 1. The number of carbonyl (C=O) groups excluding carboxylic acids is 2. The molecular weight excluding hydrogens is 470 g/mol. The van der Waals surface area contributed by atoms with Crippen molar-refractivity contribution in [2.45, 2.75) is 64.2 Å². The zero-order valence-corrected chi connectivity index (χ0v) is 21.7. The highest BCUT2D eigenvalue weighted by Crippen LogP contribution is 2.47. The van der Waals surface area contributed by atoms with Crippen LogP contribution < -0.4 is 14.4 Å². The molecule has 1 aliphatic heterocycles. The maximum Gasteiger partial charge on any atom is 0.303 e. The molecule has 0 saturated heterocycles. The Balaban J connectivity index is 1.48. The molecule has 7 heteroatoms. The molecular formula is C30H35NO6. The molecule has 0 atom stereocenters. The zero-order chi connectivity index (χ0) is 26.4. The number of carbonyl (C=O) groups is 3. The lowest BCUT2D eigenvalue weighted by atomic mass is 9.90. The molecule has 1 amide bonds. The summed E-state index contributed by atoms with van der Waals surface area (Å²) in [5.41, 5.74) is 1.11. The first-order chi connectivity index (χ1) is 18.0. The average Bonchev–Trinajstić information content (AvgIpc) is 2.90. The number of aliphatic carboxylic acids is 1. The predicted octanol–water partition coefficient (Wildman–Crippen LogP) is 6.53. The Labute approximate surface area is 217 Å². The van der Waals surface area contributed by atoms with Gasteiger partial charge in [0.1, 0.15) is 0 Å². The van der Waals surface area contributed by atoms with Crippen molar-refractivity contribution in [2.75, 3.05) is 25.7 Å². The maximum atomic E-state index is 13.2. The Hall–Kier alpha value is -3.61. The second kappa shape index (κ2) is 12.1. The predicted molar refractivity (Wildman–Crippen MR) is 145 cm³/mol. The molecule has 196 valence electrons. The Morgan fingerprint density at radius 2 is 1.49 bits per heavy atom. The lowest BCUT2D eigenvalue weighted by molar-refractivity contribution is -0.137. The summed E-state index contributed by atoms with van der Waals surface area (Å²) >= 11 is 0. The van der Waals surface area contributed by atoms with Crippen molar-refractivity contribution < 1.29 is 29.0 Å². The summed E-state index contributed by atoms with van der Waals surface area (Å²) in [4.78, 5) is 38.6. The number of ether oxygens (including phenoxy) is 2. The summed E-state index contributed by atoms with van der Waals surface area (Å²) in [7, 11) is 3.12. The largest absolute Gasteiger partial charge is 0.493 e. The topological polar surface area (TPSA) is 93.1 Å². The van der Waals surface area contributed by atoms with E-state index in [0.29, 0.717) is 23.6 Å². The van der Waals surface area contributed by atoms with Crippen LogP contribution in [-0.4, -0.2) is 43.5 Å². The number of unbranched alkanes of at least 4 members (excludes halogenated alkanes) is 8. The van der Waals surface area contributed by atoms with Gasteiger partial charge in [-0.05, 0) is 35.7 Å². The highest BCUT2D eigenvalue weighted by atomic mass is 16.5. The second-order valence-electron chi connectivity index (χ2n) is 9.64. The number of carboxylic acids is 1. The fraction of sp³-hybridized carbons (Fsp3) is 0.433. The zero-order valence-electron chi connectivity index (χ0n) is 21.7. The number of rotatable bonds is 14. The van der Waals surface area contributed by atoms with Gasteiger partial charge in [0.25, 0.3) is 11.7 Å². The summed E-state index contributed by atoms with van der Waals surface area (Å²) in [6.45, 7) is 0.487. The second-order valence-corrected chi connectivity index (χ2v) is 9.64. The van der Waals surface area contributed by atoms with Crippen molar-refractivity contribution in [1.82, 2.24) is 0 Å². The van der Waals surface area contributed by atoms with Gasteiger partial charge in [0.05, 0.1) is 19.9 Å². The molecule has 37 heavy (non-hydrogen) atoms. The normalized spacial score (nSPS) is 13.0. The van der Waals surface area contributed by atoms with E-state index in [9.17, 15) is 14.4 Å². The van der Waals surface area contributed by atoms with E-state index in [1.807, 2.05) is 30.3 Å². The van der Waals surface area contributed by atoms with Crippen LogP contribution in [0.3, 0.4) is 0 Å². The number of methoxy groups -OCH3 is 2. The molecule has 7 nitrogen and oxygen atoms in total. The van der Waals surface area contributed by atoms with Crippen LogP contribution >= 0.6 is 0 Å². The third-order valence-electron chi connectivity index (χ3n) is 7.20. The highest BCUT2D eigenvalue weighted by Gasteiger charge is 2.35. The van der Waals surface area contributed by atoms with Gasteiger partial charge in [-0.3, -0.25) is 14.4 Å². The number of carboxylic acid groups (broad SMARTS) is 1. The van der Waals surface area contributed by atoms with Crippen molar-refractivity contribution in [3.63, 3.8) is 0 Å². The van der Waals surface area contributed by atoms with E-state index in [2.05, 4.69) is 0 Å². The number of ketones is 1. The maximum absolute atomic E-state index is 13.2. The number of benzene rings is 3. The number of hydrogen-bond donors (Lipinski definition) is 1. The Morgan fingerprint density at radius 1 is 0.838 bits per heavy atom. The molecule has 0 aromatic heterocycles. The summed E-state index contributed by atoms with van der Waals surface area (Å²) in [6.07, 6.45) is 9.28. The number of hydrogen-bond acceptors (Lipinski definition) is 5. The van der Waals surface area contributed by atoms with E-state index >= 15 is 0 Å². The minimum Gasteiger partial charge on any atom is -0.493 e. The van der Waals surface area contributed by atoms with Gasteiger partial charge < -0.3 is 19.5 Å². The monoisotopic (exact) mass is 505 g/mol. The summed E-state index contributed by atoms with van der Waals surface area (Å²) < 4.78 is 11.3. The molecule has 0 unspecified atom stereocenters. The first kappa shape index (κ1) is 26.5. The molecule has 3 aromatic rings. The molecule has 1 heterocycles. The summed E-state index contributed by atoms with van der Waals surface area (Å²) in [5, 5.41) is 12.1. The van der Waals surface area contributed by atoms with Gasteiger partial charge in [0.15, 0.2) is 11.5 Å². The standard InChI is InChI=1S/C30H35NO6/c1-36-24-19-22-26-23(18-20-14-11-12-15-21(20)27(26)29(24)37-2)31(30(35)28(22)34)17-13-9-7-5-3-4-6-8-10-16-25(32)33/h11-12,14-15,18-19H,3-10,13,16-17H2,1-2H3,(H,32,33). The van der Waals surface area contributed by atoms with Gasteiger partial charge in [0.2, 0.25) is 0 Å². The SMILES string of the molecule is COc1cc2c3c(cc4ccccc4c3c1OC)N(CCCCCCCCCCCC(=O)O)C(=O)C2=O. The van der Waals surface area contributed by atoms with Crippen molar-refractivity contribution in [1.29, 1.82) is 0 Å². The molecule has 0 aliphatic carbocycles. The minimum absolute atomic E-state index is 0.256. The molecule has 3 aromatic carbocycles. The van der Waals surface area contributed by atoms with E-state index in [1.165, 1.54) is 7.11 Å². The summed E-state index contributed by atoms with van der Waals surface area (Å²) in [5.74, 6) is -0.747. The minimum atomic E-state index is -0.722. The number of amides is 1. The van der Waals surface area contributed by atoms with Crippen molar-refractivity contribution in [3.8, 4) is 11.5 Å². The fourth-order valence-electron chi connectivity index (χ4n) is 5.33. The Kier molecular flexibility index (Phi) is 8.64. The van der Waals surface area contributed by atoms with E-state index in [-0.39, 0.29) is 6.42 Å². The first-order valence-corrected chi connectivity index (χ1v) is 13.2. The van der Waals surface area contributed by atoms with Crippen LogP contribution in [0.5, 0.6) is 11.5 Å². The Morgan fingerprint density at radius 3 is 2.14 bits per heavy atom. The lowest BCUT2D eigenvalue weighted by Crippen LogP contribution is -2.40. The number of anilines is 1. The van der Waals surface area contributed by atoms with Crippen LogP contribution in [0.15, 0.2) is 36.4 Å². The molecule has 0 spiro atoms. The van der Waals surface area contributed by atoms with Crippen LogP contribution in [-0.2, 0) is 9.59 Å². The van der Waals surface area contributed by atoms with E-state index in [1.54, 1.807) is 18.1 Å². The average molecular weight is 506 g/mol. The smallest absolute Gasteiger partial charge is 0.303 e. The lowest BCUT2D eigenvalue weighted by Gasteiger charge is -2.30. The third-order valence-corrected chi connectivity index (χ3v) is 7.20. The van der Waals surface area contributed by atoms with Crippen LogP contribution in [0.2, 0.25) is 0 Å². The van der Waals surface area contributed by atoms with Gasteiger partial charge in [-0.2, -0.15) is 0 Å². The van der Waals surface area contributed by atoms with Gasteiger partial charge >= 0.3 is 5.97 Å². The fourth-order valence-corrected chi connectivity index (χ4v) is 5.33. The van der Waals surface area contributed by atoms with Crippen LogP contribution in [0, 0.1) is 0 Å². The van der Waals surface area contributed by atoms with Crippen molar-refractivity contribution >= 4 is 44.9 Å². The van der Waals surface area contributed by atoms with Gasteiger partial charge in [-0.1, -0.05) is 69.2 Å².